The quantitative estimate of drug-likeness (QED) is 0.549. The van der Waals surface area contributed by atoms with E-state index >= 15 is 0 Å². The second-order valence-electron chi connectivity index (χ2n) is 2.60. The van der Waals surface area contributed by atoms with Crippen LogP contribution in [0.1, 0.15) is 16.8 Å². The molecule has 5 heteroatoms. The number of anilines is 1. The van der Waals surface area contributed by atoms with Crippen molar-refractivity contribution in [2.45, 2.75) is 13.8 Å². The van der Waals surface area contributed by atoms with Crippen molar-refractivity contribution in [3.05, 3.63) is 27.8 Å². The summed E-state index contributed by atoms with van der Waals surface area (Å²) >= 11 is 0. The Hall–Kier alpha value is -1.96. The minimum Gasteiger partial charge on any atom is -0.233 e. The van der Waals surface area contributed by atoms with Crippen molar-refractivity contribution in [3.8, 4) is 6.07 Å². The molecule has 0 atom stereocenters. The van der Waals surface area contributed by atoms with Crippen molar-refractivity contribution < 1.29 is 0 Å². The highest BCUT2D eigenvalue weighted by atomic mass is 16.3. The normalized spacial score (nSPS) is 9.00. The standard InChI is InChI=1S/C8H8N4O/c1-5-3-8(11-12-13)10-6(2)7(5)4-9/h3H,1-2H3,(H,10,11,13). The number of hydrogen-bond donors (Lipinski definition) is 1. The Morgan fingerprint density at radius 3 is 2.77 bits per heavy atom. The van der Waals surface area contributed by atoms with Gasteiger partial charge in [-0.15, -0.1) is 4.91 Å². The zero-order valence-electron chi connectivity index (χ0n) is 7.33. The van der Waals surface area contributed by atoms with E-state index in [2.05, 4.69) is 15.7 Å². The zero-order valence-corrected chi connectivity index (χ0v) is 7.33. The van der Waals surface area contributed by atoms with E-state index in [4.69, 9.17) is 5.26 Å². The lowest BCUT2D eigenvalue weighted by Crippen LogP contribution is -1.97. The van der Waals surface area contributed by atoms with Crippen LogP contribution in [0.5, 0.6) is 0 Å². The summed E-state index contributed by atoms with van der Waals surface area (Å²) in [6.07, 6.45) is 0. The Labute approximate surface area is 75.4 Å². The maximum Gasteiger partial charge on any atom is 0.149 e. The molecule has 0 amide bonds. The number of rotatable bonds is 2. The number of hydrogen-bond acceptors (Lipinski definition) is 4. The number of aromatic nitrogens is 1. The minimum absolute atomic E-state index is 0.365. The Morgan fingerprint density at radius 1 is 1.62 bits per heavy atom. The molecule has 0 aliphatic heterocycles. The van der Waals surface area contributed by atoms with Crippen LogP contribution < -0.4 is 5.43 Å². The van der Waals surface area contributed by atoms with Crippen LogP contribution in [0.4, 0.5) is 5.82 Å². The lowest BCUT2D eigenvalue weighted by Gasteiger charge is -2.03. The lowest BCUT2D eigenvalue weighted by atomic mass is 10.1. The van der Waals surface area contributed by atoms with Gasteiger partial charge in [0.1, 0.15) is 11.9 Å². The summed E-state index contributed by atoms with van der Waals surface area (Å²) in [5.41, 5.74) is 4.10. The van der Waals surface area contributed by atoms with E-state index in [1.807, 2.05) is 6.07 Å². The molecular formula is C8H8N4O. The van der Waals surface area contributed by atoms with Crippen LogP contribution in [0.3, 0.4) is 0 Å². The fourth-order valence-electron chi connectivity index (χ4n) is 1.10. The first-order valence-corrected chi connectivity index (χ1v) is 3.65. The molecule has 0 aliphatic rings. The number of pyridine rings is 1. The van der Waals surface area contributed by atoms with Crippen LogP contribution >= 0.6 is 0 Å². The van der Waals surface area contributed by atoms with E-state index in [1.165, 1.54) is 0 Å². The molecule has 13 heavy (non-hydrogen) atoms. The predicted octanol–water partition coefficient (Wildman–Crippen LogP) is 1.66. The number of nitrogens with zero attached hydrogens (tertiary/aromatic N) is 3. The van der Waals surface area contributed by atoms with Crippen molar-refractivity contribution >= 4 is 5.82 Å². The average molecular weight is 176 g/mol. The van der Waals surface area contributed by atoms with E-state index < -0.39 is 0 Å². The van der Waals surface area contributed by atoms with Gasteiger partial charge >= 0.3 is 0 Å². The van der Waals surface area contributed by atoms with Gasteiger partial charge in [0.15, 0.2) is 0 Å². The molecule has 5 nitrogen and oxygen atoms in total. The van der Waals surface area contributed by atoms with E-state index in [1.54, 1.807) is 19.9 Å². The molecular weight excluding hydrogens is 168 g/mol. The van der Waals surface area contributed by atoms with E-state index in [0.717, 1.165) is 5.56 Å². The Balaban J connectivity index is 3.21. The SMILES string of the molecule is Cc1cc(NN=O)nc(C)c1C#N. The Bertz CT molecular complexity index is 357. The van der Waals surface area contributed by atoms with Crippen LogP contribution in [0, 0.1) is 30.1 Å². The van der Waals surface area contributed by atoms with Gasteiger partial charge in [0.2, 0.25) is 0 Å². The van der Waals surface area contributed by atoms with E-state index in [9.17, 15) is 4.91 Å². The van der Waals surface area contributed by atoms with Crippen molar-refractivity contribution in [1.82, 2.24) is 4.98 Å². The number of nitrogens with one attached hydrogen (secondary N) is 1. The minimum atomic E-state index is 0.365. The van der Waals surface area contributed by atoms with Gasteiger partial charge in [-0.25, -0.2) is 10.4 Å². The van der Waals surface area contributed by atoms with Gasteiger partial charge in [0.25, 0.3) is 0 Å². The second kappa shape index (κ2) is 3.63. The van der Waals surface area contributed by atoms with Crippen molar-refractivity contribution in [3.63, 3.8) is 0 Å². The molecule has 1 aromatic rings. The molecule has 1 heterocycles. The van der Waals surface area contributed by atoms with Crippen LogP contribution in [0.25, 0.3) is 0 Å². The number of nitroso groups, excluding NO2 is 1. The molecule has 0 fully saturated rings. The highest BCUT2D eigenvalue weighted by Gasteiger charge is 2.05. The fourth-order valence-corrected chi connectivity index (χ4v) is 1.10. The first-order valence-electron chi connectivity index (χ1n) is 3.65. The molecule has 0 radical (unpaired) electrons. The van der Waals surface area contributed by atoms with Gasteiger partial charge < -0.3 is 0 Å². The molecule has 1 rings (SSSR count). The average Bonchev–Trinajstić information content (AvgIpc) is 2.04. The molecule has 0 aromatic carbocycles. The summed E-state index contributed by atoms with van der Waals surface area (Å²) in [4.78, 5) is 13.9. The van der Waals surface area contributed by atoms with E-state index in [-0.39, 0.29) is 0 Å². The molecule has 0 aliphatic carbocycles. The number of aryl methyl sites for hydroxylation is 2. The highest BCUT2D eigenvalue weighted by molar-refractivity contribution is 5.48. The van der Waals surface area contributed by atoms with Crippen LogP contribution in [-0.2, 0) is 0 Å². The van der Waals surface area contributed by atoms with Gasteiger partial charge in [0, 0.05) is 0 Å². The predicted molar refractivity (Wildman–Crippen MR) is 47.8 cm³/mol. The van der Waals surface area contributed by atoms with Crippen LogP contribution in [-0.4, -0.2) is 4.98 Å². The van der Waals surface area contributed by atoms with Gasteiger partial charge in [0.05, 0.1) is 16.5 Å². The van der Waals surface area contributed by atoms with Gasteiger partial charge in [-0.2, -0.15) is 5.26 Å². The zero-order chi connectivity index (χ0) is 9.84. The Kier molecular flexibility index (Phi) is 2.55. The van der Waals surface area contributed by atoms with Gasteiger partial charge in [-0.3, -0.25) is 0 Å². The molecule has 0 unspecified atom stereocenters. The molecule has 0 saturated carbocycles. The van der Waals surface area contributed by atoms with Crippen molar-refractivity contribution in [2.75, 3.05) is 5.43 Å². The molecule has 0 saturated heterocycles. The van der Waals surface area contributed by atoms with Crippen LogP contribution in [0.15, 0.2) is 11.4 Å². The summed E-state index contributed by atoms with van der Waals surface area (Å²) in [6, 6.07) is 3.64. The monoisotopic (exact) mass is 176 g/mol. The molecule has 0 bridgehead atoms. The second-order valence-corrected chi connectivity index (χ2v) is 2.60. The molecule has 0 spiro atoms. The topological polar surface area (TPSA) is 78.1 Å². The largest absolute Gasteiger partial charge is 0.233 e. The smallest absolute Gasteiger partial charge is 0.149 e. The highest BCUT2D eigenvalue weighted by Crippen LogP contribution is 2.14. The first kappa shape index (κ1) is 9.13. The summed E-state index contributed by atoms with van der Waals surface area (Å²) in [5, 5.41) is 11.2. The summed E-state index contributed by atoms with van der Waals surface area (Å²) in [7, 11) is 0. The third kappa shape index (κ3) is 1.79. The maximum absolute atomic E-state index is 9.89. The summed E-state index contributed by atoms with van der Waals surface area (Å²) < 4.78 is 0. The van der Waals surface area contributed by atoms with Gasteiger partial charge in [-0.1, -0.05) is 0 Å². The summed E-state index contributed by atoms with van der Waals surface area (Å²) in [6.45, 7) is 3.49. The fraction of sp³-hybridized carbons (Fsp3) is 0.250. The summed E-state index contributed by atoms with van der Waals surface area (Å²) in [5.74, 6) is 0.365. The molecule has 66 valence electrons. The molecule has 1 aromatic heterocycles. The Morgan fingerprint density at radius 2 is 2.31 bits per heavy atom. The number of nitriles is 1. The van der Waals surface area contributed by atoms with E-state index in [0.29, 0.717) is 17.1 Å². The third-order valence-corrected chi connectivity index (χ3v) is 1.67. The molecule has 1 N–H and O–H groups in total. The van der Waals surface area contributed by atoms with Crippen molar-refractivity contribution in [1.29, 1.82) is 5.26 Å². The lowest BCUT2D eigenvalue weighted by molar-refractivity contribution is 1.12. The van der Waals surface area contributed by atoms with Gasteiger partial charge in [-0.05, 0) is 25.5 Å². The van der Waals surface area contributed by atoms with Crippen LogP contribution in [0.2, 0.25) is 0 Å². The van der Waals surface area contributed by atoms with Crippen molar-refractivity contribution in [2.24, 2.45) is 5.29 Å². The first-order chi connectivity index (χ1) is 6.19. The maximum atomic E-state index is 9.89. The third-order valence-electron chi connectivity index (χ3n) is 1.67.